The van der Waals surface area contributed by atoms with Gasteiger partial charge in [-0.25, -0.2) is 4.79 Å². The summed E-state index contributed by atoms with van der Waals surface area (Å²) in [4.78, 5) is 16.7. The number of anilines is 1. The standard InChI is InChI=1S/C10H10N2O2/c1-7-5-12(6-7)9-4-11-3-2-8(9)10(13)14/h2-4H,1,5-6H2,(H,13,14). The molecule has 1 aromatic rings. The fraction of sp³-hybridized carbons (Fsp3) is 0.200. The molecule has 0 radical (unpaired) electrons. The average molecular weight is 190 g/mol. The molecular weight excluding hydrogens is 180 g/mol. The van der Waals surface area contributed by atoms with Crippen molar-refractivity contribution in [2.24, 2.45) is 0 Å². The lowest BCUT2D eigenvalue weighted by Gasteiger charge is -2.35. The van der Waals surface area contributed by atoms with Gasteiger partial charge in [-0.2, -0.15) is 0 Å². The third kappa shape index (κ3) is 1.35. The number of carboxylic acid groups (broad SMARTS) is 1. The van der Waals surface area contributed by atoms with E-state index in [9.17, 15) is 4.79 Å². The number of carboxylic acids is 1. The molecule has 0 saturated carbocycles. The molecule has 72 valence electrons. The van der Waals surface area contributed by atoms with Gasteiger partial charge in [0.15, 0.2) is 0 Å². The highest BCUT2D eigenvalue weighted by Gasteiger charge is 2.23. The van der Waals surface area contributed by atoms with Crippen LogP contribution >= 0.6 is 0 Å². The summed E-state index contributed by atoms with van der Waals surface area (Å²) in [6.07, 6.45) is 3.07. The van der Waals surface area contributed by atoms with Gasteiger partial charge in [-0.05, 0) is 11.6 Å². The monoisotopic (exact) mass is 190 g/mol. The number of pyridine rings is 1. The van der Waals surface area contributed by atoms with E-state index >= 15 is 0 Å². The fourth-order valence-corrected chi connectivity index (χ4v) is 1.48. The van der Waals surface area contributed by atoms with Crippen LogP contribution in [-0.4, -0.2) is 29.1 Å². The topological polar surface area (TPSA) is 53.4 Å². The summed E-state index contributed by atoms with van der Waals surface area (Å²) in [5.74, 6) is -0.917. The van der Waals surface area contributed by atoms with Gasteiger partial charge >= 0.3 is 5.97 Å². The van der Waals surface area contributed by atoms with E-state index in [1.54, 1.807) is 6.20 Å². The minimum atomic E-state index is -0.917. The van der Waals surface area contributed by atoms with Crippen LogP contribution in [0.5, 0.6) is 0 Å². The zero-order valence-corrected chi connectivity index (χ0v) is 7.60. The summed E-state index contributed by atoms with van der Waals surface area (Å²) in [5, 5.41) is 8.92. The highest BCUT2D eigenvalue weighted by molar-refractivity contribution is 5.94. The van der Waals surface area contributed by atoms with E-state index in [0.29, 0.717) is 11.3 Å². The van der Waals surface area contributed by atoms with Crippen molar-refractivity contribution in [2.45, 2.75) is 0 Å². The molecule has 0 amide bonds. The van der Waals surface area contributed by atoms with Gasteiger partial charge in [-0.1, -0.05) is 6.58 Å². The Hall–Kier alpha value is -1.84. The lowest BCUT2D eigenvalue weighted by atomic mass is 10.1. The molecule has 1 aliphatic rings. The van der Waals surface area contributed by atoms with Gasteiger partial charge in [0, 0.05) is 19.3 Å². The van der Waals surface area contributed by atoms with Gasteiger partial charge < -0.3 is 10.0 Å². The van der Waals surface area contributed by atoms with Gasteiger partial charge in [0.1, 0.15) is 0 Å². The molecule has 1 aromatic heterocycles. The van der Waals surface area contributed by atoms with Crippen molar-refractivity contribution in [3.8, 4) is 0 Å². The molecule has 1 aliphatic heterocycles. The van der Waals surface area contributed by atoms with E-state index in [0.717, 1.165) is 18.7 Å². The second-order valence-corrected chi connectivity index (χ2v) is 3.30. The largest absolute Gasteiger partial charge is 0.478 e. The molecule has 4 heteroatoms. The second kappa shape index (κ2) is 3.14. The number of aromatic carboxylic acids is 1. The Kier molecular flexibility index (Phi) is 1.96. The zero-order chi connectivity index (χ0) is 10.1. The van der Waals surface area contributed by atoms with Crippen LogP contribution in [0.25, 0.3) is 0 Å². The van der Waals surface area contributed by atoms with Crippen LogP contribution in [0.1, 0.15) is 10.4 Å². The summed E-state index contributed by atoms with van der Waals surface area (Å²) in [6.45, 7) is 5.26. The molecule has 1 N–H and O–H groups in total. The Morgan fingerprint density at radius 3 is 2.86 bits per heavy atom. The maximum atomic E-state index is 10.9. The van der Waals surface area contributed by atoms with Crippen molar-refractivity contribution in [3.63, 3.8) is 0 Å². The lowest BCUT2D eigenvalue weighted by Crippen LogP contribution is -2.40. The number of nitrogens with zero attached hydrogens (tertiary/aromatic N) is 2. The van der Waals surface area contributed by atoms with Crippen LogP contribution in [0.15, 0.2) is 30.6 Å². The molecule has 1 saturated heterocycles. The molecule has 1 fully saturated rings. The molecule has 4 nitrogen and oxygen atoms in total. The van der Waals surface area contributed by atoms with E-state index in [1.165, 1.54) is 12.3 Å². The second-order valence-electron chi connectivity index (χ2n) is 3.30. The van der Waals surface area contributed by atoms with Crippen LogP contribution < -0.4 is 4.90 Å². The normalized spacial score (nSPS) is 15.1. The van der Waals surface area contributed by atoms with Crippen LogP contribution in [0.2, 0.25) is 0 Å². The summed E-state index contributed by atoms with van der Waals surface area (Å²) in [7, 11) is 0. The molecule has 0 aromatic carbocycles. The van der Waals surface area contributed by atoms with Gasteiger partial charge in [-0.15, -0.1) is 0 Å². The number of hydrogen-bond acceptors (Lipinski definition) is 3. The molecule has 0 aliphatic carbocycles. The average Bonchev–Trinajstić information content (AvgIpc) is 2.13. The molecule has 0 spiro atoms. The first-order valence-electron chi connectivity index (χ1n) is 4.27. The first-order valence-corrected chi connectivity index (χ1v) is 4.27. The van der Waals surface area contributed by atoms with Crippen LogP contribution in [0.4, 0.5) is 5.69 Å². The Labute approximate surface area is 81.5 Å². The summed E-state index contributed by atoms with van der Waals surface area (Å²) in [6, 6.07) is 1.51. The summed E-state index contributed by atoms with van der Waals surface area (Å²) < 4.78 is 0. The van der Waals surface area contributed by atoms with E-state index in [-0.39, 0.29) is 0 Å². The first-order chi connectivity index (χ1) is 6.68. The lowest BCUT2D eigenvalue weighted by molar-refractivity contribution is 0.0697. The van der Waals surface area contributed by atoms with Crippen LogP contribution in [0, 0.1) is 0 Å². The third-order valence-corrected chi connectivity index (χ3v) is 2.20. The Morgan fingerprint density at radius 1 is 1.57 bits per heavy atom. The van der Waals surface area contributed by atoms with Crippen LogP contribution in [-0.2, 0) is 0 Å². The Bertz CT molecular complexity index is 393. The van der Waals surface area contributed by atoms with E-state index < -0.39 is 5.97 Å². The van der Waals surface area contributed by atoms with Gasteiger partial charge in [0.2, 0.25) is 0 Å². The number of rotatable bonds is 2. The molecule has 0 bridgehead atoms. The number of carbonyl (C=O) groups is 1. The van der Waals surface area contributed by atoms with E-state index in [1.807, 2.05) is 4.90 Å². The van der Waals surface area contributed by atoms with Gasteiger partial charge in [0.25, 0.3) is 0 Å². The fourth-order valence-electron chi connectivity index (χ4n) is 1.48. The van der Waals surface area contributed by atoms with Crippen LogP contribution in [0.3, 0.4) is 0 Å². The highest BCUT2D eigenvalue weighted by atomic mass is 16.4. The van der Waals surface area contributed by atoms with Gasteiger partial charge in [-0.3, -0.25) is 4.98 Å². The minimum Gasteiger partial charge on any atom is -0.478 e. The summed E-state index contributed by atoms with van der Waals surface area (Å²) in [5.41, 5.74) is 2.09. The number of hydrogen-bond donors (Lipinski definition) is 1. The summed E-state index contributed by atoms with van der Waals surface area (Å²) >= 11 is 0. The Balaban J connectivity index is 2.32. The van der Waals surface area contributed by atoms with Crippen molar-refractivity contribution in [1.82, 2.24) is 4.98 Å². The maximum Gasteiger partial charge on any atom is 0.337 e. The van der Waals surface area contributed by atoms with Crippen molar-refractivity contribution >= 4 is 11.7 Å². The number of aromatic nitrogens is 1. The molecule has 14 heavy (non-hydrogen) atoms. The molecular formula is C10H10N2O2. The Morgan fingerprint density at radius 2 is 2.29 bits per heavy atom. The SMILES string of the molecule is C=C1CN(c2cnccc2C(=O)O)C1. The molecule has 0 atom stereocenters. The highest BCUT2D eigenvalue weighted by Crippen LogP contribution is 2.25. The van der Waals surface area contributed by atoms with Crippen molar-refractivity contribution in [2.75, 3.05) is 18.0 Å². The van der Waals surface area contributed by atoms with Crippen molar-refractivity contribution in [3.05, 3.63) is 36.2 Å². The van der Waals surface area contributed by atoms with Crippen molar-refractivity contribution < 1.29 is 9.90 Å². The predicted octanol–water partition coefficient (Wildman–Crippen LogP) is 1.16. The van der Waals surface area contributed by atoms with Gasteiger partial charge in [0.05, 0.1) is 17.4 Å². The zero-order valence-electron chi connectivity index (χ0n) is 7.60. The predicted molar refractivity (Wildman–Crippen MR) is 52.5 cm³/mol. The molecule has 0 unspecified atom stereocenters. The van der Waals surface area contributed by atoms with E-state index in [2.05, 4.69) is 11.6 Å². The minimum absolute atomic E-state index is 0.299. The first kappa shape index (κ1) is 8.74. The van der Waals surface area contributed by atoms with E-state index in [4.69, 9.17) is 5.11 Å². The van der Waals surface area contributed by atoms with Crippen molar-refractivity contribution in [1.29, 1.82) is 0 Å². The smallest absolute Gasteiger partial charge is 0.337 e. The maximum absolute atomic E-state index is 10.9. The molecule has 2 heterocycles. The quantitative estimate of drug-likeness (QED) is 0.711. The molecule has 2 rings (SSSR count). The third-order valence-electron chi connectivity index (χ3n) is 2.20.